The standard InChI is InChI=1S/C24H27N5OS2/c1-15-27-14-23(31-15)22-11-16-3-2-4-18(19(16)13-28-22)24(25)20-12-26-8-5-21(20)29-17-6-9-32(30)10-7-17/h2-4,11,13-14,17,26H,5-10,12,25H2,1H3/b24-20-,29-21?. The zero-order valence-electron chi connectivity index (χ0n) is 18.1. The van der Waals surface area contributed by atoms with E-state index in [9.17, 15) is 4.21 Å². The van der Waals surface area contributed by atoms with Crippen LogP contribution in [-0.4, -0.2) is 50.5 Å². The second-order valence-electron chi connectivity index (χ2n) is 8.31. The molecule has 0 unspecified atom stereocenters. The largest absolute Gasteiger partial charge is 0.398 e. The number of benzene rings is 1. The summed E-state index contributed by atoms with van der Waals surface area (Å²) in [7, 11) is -0.674. The molecule has 2 saturated heterocycles. The molecule has 0 spiro atoms. The van der Waals surface area contributed by atoms with E-state index in [1.807, 2.05) is 19.3 Å². The van der Waals surface area contributed by atoms with Gasteiger partial charge in [0.2, 0.25) is 0 Å². The number of pyridine rings is 1. The molecule has 0 aliphatic carbocycles. The SMILES string of the molecule is Cc1ncc(-c2cc3cccc(/C(N)=C4\CNCCC4=NC4CCS(=O)CC4)c3cn2)s1. The molecule has 3 aromatic rings. The summed E-state index contributed by atoms with van der Waals surface area (Å²) in [5, 5.41) is 6.64. The number of hydrogen-bond donors (Lipinski definition) is 2. The summed E-state index contributed by atoms with van der Waals surface area (Å²) in [5.41, 5.74) is 11.7. The molecule has 3 N–H and O–H groups in total. The summed E-state index contributed by atoms with van der Waals surface area (Å²) in [4.78, 5) is 15.2. The van der Waals surface area contributed by atoms with Gasteiger partial charge in [-0.25, -0.2) is 4.98 Å². The quantitative estimate of drug-likeness (QED) is 0.615. The van der Waals surface area contributed by atoms with Gasteiger partial charge in [0.1, 0.15) is 0 Å². The van der Waals surface area contributed by atoms with E-state index in [0.29, 0.717) is 6.54 Å². The number of nitrogens with one attached hydrogen (secondary N) is 1. The smallest absolute Gasteiger partial charge is 0.0901 e. The number of nitrogens with zero attached hydrogens (tertiary/aromatic N) is 3. The lowest BCUT2D eigenvalue weighted by molar-refractivity contribution is 0.595. The van der Waals surface area contributed by atoms with E-state index in [2.05, 4.69) is 34.6 Å². The molecule has 1 aromatic carbocycles. The third kappa shape index (κ3) is 4.40. The molecule has 2 fully saturated rings. The lowest BCUT2D eigenvalue weighted by Gasteiger charge is -2.25. The first kappa shape index (κ1) is 21.4. The van der Waals surface area contributed by atoms with E-state index in [4.69, 9.17) is 15.7 Å². The summed E-state index contributed by atoms with van der Waals surface area (Å²) in [5.74, 6) is 1.51. The molecule has 2 aliphatic rings. The molecule has 2 aliphatic heterocycles. The van der Waals surface area contributed by atoms with Gasteiger partial charge in [-0.15, -0.1) is 11.3 Å². The van der Waals surface area contributed by atoms with Crippen LogP contribution in [0.2, 0.25) is 0 Å². The van der Waals surface area contributed by atoms with Gasteiger partial charge in [0.15, 0.2) is 0 Å². The predicted octanol–water partition coefficient (Wildman–Crippen LogP) is 3.68. The van der Waals surface area contributed by atoms with Crippen molar-refractivity contribution in [2.24, 2.45) is 10.7 Å². The van der Waals surface area contributed by atoms with E-state index in [1.54, 1.807) is 11.3 Å². The van der Waals surface area contributed by atoms with Gasteiger partial charge in [0.25, 0.3) is 0 Å². The Morgan fingerprint density at radius 2 is 2.09 bits per heavy atom. The maximum absolute atomic E-state index is 11.7. The molecule has 8 heteroatoms. The van der Waals surface area contributed by atoms with Crippen LogP contribution in [-0.2, 0) is 10.8 Å². The number of fused-ring (bicyclic) bond motifs is 1. The van der Waals surface area contributed by atoms with Gasteiger partial charge in [-0.3, -0.25) is 14.2 Å². The molecule has 0 saturated carbocycles. The number of aliphatic imine (C=N–C) groups is 1. The van der Waals surface area contributed by atoms with E-state index in [-0.39, 0.29) is 6.04 Å². The Morgan fingerprint density at radius 1 is 1.25 bits per heavy atom. The molecule has 2 aromatic heterocycles. The van der Waals surface area contributed by atoms with Crippen LogP contribution in [0.5, 0.6) is 0 Å². The molecule has 32 heavy (non-hydrogen) atoms. The lowest BCUT2D eigenvalue weighted by atomic mass is 9.95. The van der Waals surface area contributed by atoms with Crippen molar-refractivity contribution >= 4 is 44.3 Å². The number of aryl methyl sites for hydroxylation is 1. The number of piperidine rings is 1. The van der Waals surface area contributed by atoms with Crippen LogP contribution in [0.3, 0.4) is 0 Å². The Balaban J connectivity index is 1.53. The predicted molar refractivity (Wildman–Crippen MR) is 135 cm³/mol. The maximum atomic E-state index is 11.7. The van der Waals surface area contributed by atoms with Crippen molar-refractivity contribution in [3.8, 4) is 10.6 Å². The Labute approximate surface area is 194 Å². The summed E-state index contributed by atoms with van der Waals surface area (Å²) in [6.07, 6.45) is 6.47. The van der Waals surface area contributed by atoms with Crippen LogP contribution in [0.1, 0.15) is 29.8 Å². The first-order valence-corrected chi connectivity index (χ1v) is 13.3. The molecule has 0 amide bonds. The minimum Gasteiger partial charge on any atom is -0.398 e. The maximum Gasteiger partial charge on any atom is 0.0901 e. The highest BCUT2D eigenvalue weighted by atomic mass is 32.2. The molecule has 6 nitrogen and oxygen atoms in total. The number of hydrogen-bond acceptors (Lipinski definition) is 7. The second kappa shape index (κ2) is 9.21. The molecule has 0 radical (unpaired) electrons. The highest BCUT2D eigenvalue weighted by Gasteiger charge is 2.22. The molecule has 0 atom stereocenters. The van der Waals surface area contributed by atoms with Crippen molar-refractivity contribution in [1.29, 1.82) is 0 Å². The Hall–Kier alpha value is -2.42. The zero-order chi connectivity index (χ0) is 22.1. The van der Waals surface area contributed by atoms with Gasteiger partial charge in [-0.05, 0) is 31.2 Å². The average molecular weight is 466 g/mol. The van der Waals surface area contributed by atoms with Gasteiger partial charge < -0.3 is 11.1 Å². The summed E-state index contributed by atoms with van der Waals surface area (Å²) >= 11 is 1.65. The van der Waals surface area contributed by atoms with Crippen LogP contribution in [0.4, 0.5) is 0 Å². The van der Waals surface area contributed by atoms with Crippen LogP contribution < -0.4 is 11.1 Å². The van der Waals surface area contributed by atoms with Gasteiger partial charge in [-0.1, -0.05) is 18.2 Å². The Kier molecular flexibility index (Phi) is 6.17. The molecular weight excluding hydrogens is 438 g/mol. The van der Waals surface area contributed by atoms with Gasteiger partial charge >= 0.3 is 0 Å². The zero-order valence-corrected chi connectivity index (χ0v) is 19.8. The van der Waals surface area contributed by atoms with Gasteiger partial charge in [0.05, 0.1) is 21.6 Å². The van der Waals surface area contributed by atoms with Crippen molar-refractivity contribution in [3.63, 3.8) is 0 Å². The fraction of sp³-hybridized carbons (Fsp3) is 0.375. The van der Waals surface area contributed by atoms with Crippen molar-refractivity contribution < 1.29 is 4.21 Å². The summed E-state index contributed by atoms with van der Waals surface area (Å²) in [6, 6.07) is 8.59. The van der Waals surface area contributed by atoms with E-state index in [1.165, 1.54) is 0 Å². The van der Waals surface area contributed by atoms with Gasteiger partial charge in [0, 0.05) is 82.1 Å². The number of thiazole rings is 1. The topological polar surface area (TPSA) is 93.3 Å². The summed E-state index contributed by atoms with van der Waals surface area (Å²) in [6.45, 7) is 3.62. The lowest BCUT2D eigenvalue weighted by Crippen LogP contribution is -2.34. The highest BCUT2D eigenvalue weighted by Crippen LogP contribution is 2.30. The number of rotatable bonds is 3. The van der Waals surface area contributed by atoms with Crippen molar-refractivity contribution in [2.75, 3.05) is 24.6 Å². The Morgan fingerprint density at radius 3 is 2.88 bits per heavy atom. The molecule has 0 bridgehead atoms. The highest BCUT2D eigenvalue weighted by molar-refractivity contribution is 7.85. The van der Waals surface area contributed by atoms with Crippen LogP contribution in [0.25, 0.3) is 27.0 Å². The average Bonchev–Trinajstić information content (AvgIpc) is 3.26. The van der Waals surface area contributed by atoms with Crippen molar-refractivity contribution in [1.82, 2.24) is 15.3 Å². The van der Waals surface area contributed by atoms with Crippen LogP contribution >= 0.6 is 11.3 Å². The van der Waals surface area contributed by atoms with Gasteiger partial charge in [-0.2, -0.15) is 0 Å². The molecule has 5 rings (SSSR count). The monoisotopic (exact) mass is 465 g/mol. The fourth-order valence-corrected chi connectivity index (χ4v) is 6.40. The van der Waals surface area contributed by atoms with E-state index >= 15 is 0 Å². The first-order valence-electron chi connectivity index (χ1n) is 11.0. The third-order valence-corrected chi connectivity index (χ3v) is 8.46. The summed E-state index contributed by atoms with van der Waals surface area (Å²) < 4.78 is 11.7. The second-order valence-corrected chi connectivity index (χ2v) is 11.2. The van der Waals surface area contributed by atoms with E-state index in [0.717, 1.165) is 86.2 Å². The minimum absolute atomic E-state index is 0.253. The molecule has 166 valence electrons. The van der Waals surface area contributed by atoms with Crippen LogP contribution in [0.15, 0.2) is 47.2 Å². The van der Waals surface area contributed by atoms with Crippen molar-refractivity contribution in [3.05, 3.63) is 52.8 Å². The van der Waals surface area contributed by atoms with Crippen LogP contribution in [0, 0.1) is 6.92 Å². The van der Waals surface area contributed by atoms with E-state index < -0.39 is 10.8 Å². The number of nitrogens with two attached hydrogens (primary N) is 1. The molecular formula is C24H27N5OS2. The third-order valence-electron chi connectivity index (χ3n) is 6.14. The first-order chi connectivity index (χ1) is 15.6. The molecule has 4 heterocycles. The fourth-order valence-electron chi connectivity index (χ4n) is 4.38. The minimum atomic E-state index is -0.674. The normalized spacial score (nSPS) is 24.7. The Bertz CT molecular complexity index is 1240. The van der Waals surface area contributed by atoms with Crippen molar-refractivity contribution in [2.45, 2.75) is 32.2 Å². The number of aromatic nitrogens is 2.